The molecule has 0 spiro atoms. The van der Waals surface area contributed by atoms with Crippen LogP contribution in [0.4, 0.5) is 0 Å². The molecule has 0 amide bonds. The fourth-order valence-corrected chi connectivity index (χ4v) is 2.63. The summed E-state index contributed by atoms with van der Waals surface area (Å²) < 4.78 is 0. The number of rotatable bonds is 6. The van der Waals surface area contributed by atoms with Crippen molar-refractivity contribution in [3.05, 3.63) is 0 Å². The summed E-state index contributed by atoms with van der Waals surface area (Å²) in [4.78, 5) is 11.0. The van der Waals surface area contributed by atoms with Crippen molar-refractivity contribution in [2.75, 3.05) is 0 Å². The smallest absolute Gasteiger partial charge is 0.306 e. The summed E-state index contributed by atoms with van der Waals surface area (Å²) in [6, 6.07) is 0.918. The Kier molecular flexibility index (Phi) is 5.96. The van der Waals surface area contributed by atoms with Crippen molar-refractivity contribution in [3.8, 4) is 0 Å². The SMILES string of the molecule is CC(C)CCC(C)NC1CCCC(C(=O)O)C1. The molecule has 0 aromatic heterocycles. The number of aliphatic carboxylic acids is 1. The molecule has 1 rings (SSSR count). The topological polar surface area (TPSA) is 49.3 Å². The molecule has 2 N–H and O–H groups in total. The van der Waals surface area contributed by atoms with E-state index in [-0.39, 0.29) is 5.92 Å². The molecule has 17 heavy (non-hydrogen) atoms. The molecule has 0 aromatic rings. The summed E-state index contributed by atoms with van der Waals surface area (Å²) in [5, 5.41) is 12.6. The van der Waals surface area contributed by atoms with Crippen molar-refractivity contribution in [1.82, 2.24) is 5.32 Å². The Morgan fingerprint density at radius 3 is 2.59 bits per heavy atom. The molecule has 3 nitrogen and oxygen atoms in total. The first-order chi connectivity index (χ1) is 7.99. The third kappa shape index (κ3) is 5.53. The quantitative estimate of drug-likeness (QED) is 0.751. The van der Waals surface area contributed by atoms with Gasteiger partial charge in [-0.25, -0.2) is 0 Å². The van der Waals surface area contributed by atoms with Crippen LogP contribution in [0.15, 0.2) is 0 Å². The van der Waals surface area contributed by atoms with Crippen molar-refractivity contribution in [1.29, 1.82) is 0 Å². The average molecular weight is 241 g/mol. The van der Waals surface area contributed by atoms with Crippen LogP contribution in [0.1, 0.15) is 59.3 Å². The zero-order chi connectivity index (χ0) is 12.8. The minimum Gasteiger partial charge on any atom is -0.481 e. The van der Waals surface area contributed by atoms with Gasteiger partial charge < -0.3 is 10.4 Å². The highest BCUT2D eigenvalue weighted by molar-refractivity contribution is 5.70. The summed E-state index contributed by atoms with van der Waals surface area (Å²) in [7, 11) is 0. The van der Waals surface area contributed by atoms with E-state index in [1.807, 2.05) is 0 Å². The number of carboxylic acid groups (broad SMARTS) is 1. The van der Waals surface area contributed by atoms with Gasteiger partial charge in [-0.05, 0) is 44.9 Å². The van der Waals surface area contributed by atoms with Crippen molar-refractivity contribution in [2.45, 2.75) is 71.4 Å². The maximum Gasteiger partial charge on any atom is 0.306 e. The Labute approximate surface area is 105 Å². The Balaban J connectivity index is 2.28. The van der Waals surface area contributed by atoms with Gasteiger partial charge in [0.15, 0.2) is 0 Å². The van der Waals surface area contributed by atoms with Gasteiger partial charge in [0.25, 0.3) is 0 Å². The van der Waals surface area contributed by atoms with E-state index in [0.717, 1.165) is 31.6 Å². The Morgan fingerprint density at radius 1 is 1.29 bits per heavy atom. The van der Waals surface area contributed by atoms with E-state index >= 15 is 0 Å². The van der Waals surface area contributed by atoms with Gasteiger partial charge in [-0.2, -0.15) is 0 Å². The first-order valence-corrected chi connectivity index (χ1v) is 6.98. The van der Waals surface area contributed by atoms with Gasteiger partial charge in [0.05, 0.1) is 5.92 Å². The van der Waals surface area contributed by atoms with Crippen molar-refractivity contribution in [3.63, 3.8) is 0 Å². The second-order valence-electron chi connectivity index (χ2n) is 5.94. The fraction of sp³-hybridized carbons (Fsp3) is 0.929. The third-order valence-corrected chi connectivity index (χ3v) is 3.72. The minimum absolute atomic E-state index is 0.126. The van der Waals surface area contributed by atoms with E-state index in [2.05, 4.69) is 26.1 Å². The molecular weight excluding hydrogens is 214 g/mol. The predicted octanol–water partition coefficient (Wildman–Crippen LogP) is 3.04. The first kappa shape index (κ1) is 14.5. The highest BCUT2D eigenvalue weighted by atomic mass is 16.4. The molecule has 1 fully saturated rings. The van der Waals surface area contributed by atoms with Crippen LogP contribution in [0.3, 0.4) is 0 Å². The maximum atomic E-state index is 11.0. The second kappa shape index (κ2) is 7.00. The highest BCUT2D eigenvalue weighted by Crippen LogP contribution is 2.25. The molecule has 0 aromatic carbocycles. The molecule has 0 aliphatic heterocycles. The van der Waals surface area contributed by atoms with Gasteiger partial charge in [0.2, 0.25) is 0 Å². The fourth-order valence-electron chi connectivity index (χ4n) is 2.63. The van der Waals surface area contributed by atoms with Crippen molar-refractivity contribution < 1.29 is 9.90 Å². The summed E-state index contributed by atoms with van der Waals surface area (Å²) in [5.41, 5.74) is 0. The standard InChI is InChI=1S/C14H27NO2/c1-10(2)7-8-11(3)15-13-6-4-5-12(9-13)14(16)17/h10-13,15H,4-9H2,1-3H3,(H,16,17). The molecule has 3 heteroatoms. The molecule has 1 aliphatic carbocycles. The van der Waals surface area contributed by atoms with E-state index in [4.69, 9.17) is 5.11 Å². The third-order valence-electron chi connectivity index (χ3n) is 3.72. The van der Waals surface area contributed by atoms with Gasteiger partial charge >= 0.3 is 5.97 Å². The Hall–Kier alpha value is -0.570. The lowest BCUT2D eigenvalue weighted by Gasteiger charge is -2.30. The normalized spacial score (nSPS) is 27.1. The van der Waals surface area contributed by atoms with Crippen LogP contribution in [-0.4, -0.2) is 23.2 Å². The largest absolute Gasteiger partial charge is 0.481 e. The van der Waals surface area contributed by atoms with Crippen LogP contribution in [0.2, 0.25) is 0 Å². The zero-order valence-corrected chi connectivity index (χ0v) is 11.4. The van der Waals surface area contributed by atoms with E-state index < -0.39 is 5.97 Å². The number of hydrogen-bond donors (Lipinski definition) is 2. The van der Waals surface area contributed by atoms with Crippen LogP contribution in [0, 0.1) is 11.8 Å². The molecule has 1 aliphatic rings. The molecule has 3 atom stereocenters. The first-order valence-electron chi connectivity index (χ1n) is 6.98. The van der Waals surface area contributed by atoms with Gasteiger partial charge in [0.1, 0.15) is 0 Å². The van der Waals surface area contributed by atoms with Gasteiger partial charge in [-0.1, -0.05) is 20.3 Å². The maximum absolute atomic E-state index is 11.0. The molecule has 0 radical (unpaired) electrons. The summed E-state index contributed by atoms with van der Waals surface area (Å²) >= 11 is 0. The van der Waals surface area contributed by atoms with Crippen molar-refractivity contribution >= 4 is 5.97 Å². The predicted molar refractivity (Wildman–Crippen MR) is 70.1 cm³/mol. The molecule has 100 valence electrons. The summed E-state index contributed by atoms with van der Waals surface area (Å²) in [6.07, 6.45) is 6.27. The van der Waals surface area contributed by atoms with E-state index in [0.29, 0.717) is 12.1 Å². The lowest BCUT2D eigenvalue weighted by molar-refractivity contribution is -0.143. The van der Waals surface area contributed by atoms with Crippen LogP contribution < -0.4 is 5.32 Å². The number of nitrogens with one attached hydrogen (secondary N) is 1. The van der Waals surface area contributed by atoms with Gasteiger partial charge in [-0.3, -0.25) is 4.79 Å². The summed E-state index contributed by atoms with van der Waals surface area (Å²) in [5.74, 6) is 0.00209. The van der Waals surface area contributed by atoms with Crippen LogP contribution >= 0.6 is 0 Å². The molecule has 3 unspecified atom stereocenters. The monoisotopic (exact) mass is 241 g/mol. The van der Waals surface area contributed by atoms with Crippen LogP contribution in [0.25, 0.3) is 0 Å². The zero-order valence-electron chi connectivity index (χ0n) is 11.4. The van der Waals surface area contributed by atoms with Crippen molar-refractivity contribution in [2.24, 2.45) is 11.8 Å². The highest BCUT2D eigenvalue weighted by Gasteiger charge is 2.27. The molecule has 1 saturated carbocycles. The molecule has 0 saturated heterocycles. The van der Waals surface area contributed by atoms with Crippen LogP contribution in [0.5, 0.6) is 0 Å². The van der Waals surface area contributed by atoms with E-state index in [1.54, 1.807) is 0 Å². The van der Waals surface area contributed by atoms with E-state index in [9.17, 15) is 4.79 Å². The van der Waals surface area contributed by atoms with Gasteiger partial charge in [0, 0.05) is 12.1 Å². The number of carboxylic acids is 1. The molecule has 0 bridgehead atoms. The molecular formula is C14H27NO2. The Morgan fingerprint density at radius 2 is 2.00 bits per heavy atom. The number of hydrogen-bond acceptors (Lipinski definition) is 2. The van der Waals surface area contributed by atoms with Crippen LogP contribution in [-0.2, 0) is 4.79 Å². The number of carbonyl (C=O) groups is 1. The average Bonchev–Trinajstić information content (AvgIpc) is 2.26. The van der Waals surface area contributed by atoms with E-state index in [1.165, 1.54) is 12.8 Å². The lowest BCUT2D eigenvalue weighted by Crippen LogP contribution is -2.41. The Bertz CT molecular complexity index is 240. The second-order valence-corrected chi connectivity index (χ2v) is 5.94. The lowest BCUT2D eigenvalue weighted by atomic mass is 9.85. The molecule has 0 heterocycles. The minimum atomic E-state index is -0.619. The van der Waals surface area contributed by atoms with Gasteiger partial charge in [-0.15, -0.1) is 0 Å². The summed E-state index contributed by atoms with van der Waals surface area (Å²) in [6.45, 7) is 6.70.